The first-order valence-electron chi connectivity index (χ1n) is 14.0. The molecule has 0 aromatic heterocycles. The zero-order valence-corrected chi connectivity index (χ0v) is 24.2. The van der Waals surface area contributed by atoms with Crippen molar-refractivity contribution in [2.45, 2.75) is 57.7 Å². The number of anilines is 1. The number of amides is 2. The summed E-state index contributed by atoms with van der Waals surface area (Å²) in [5, 5.41) is 13.6. The fourth-order valence-corrected chi connectivity index (χ4v) is 5.26. The minimum absolute atomic E-state index is 0.0459. The lowest BCUT2D eigenvalue weighted by molar-refractivity contribution is -0.144. The quantitative estimate of drug-likeness (QED) is 0.106. The van der Waals surface area contributed by atoms with E-state index in [0.717, 1.165) is 12.1 Å². The minimum atomic E-state index is -5.26. The van der Waals surface area contributed by atoms with Crippen LogP contribution in [0.2, 0.25) is 0 Å². The lowest BCUT2D eigenvalue weighted by Crippen LogP contribution is -2.46. The first-order chi connectivity index (χ1) is 21.7. The van der Waals surface area contributed by atoms with Crippen LogP contribution in [-0.4, -0.2) is 41.3 Å². The monoisotopic (exact) mass is 655 g/mol. The Morgan fingerprint density at radius 2 is 1.74 bits per heavy atom. The molecule has 1 aliphatic heterocycles. The molecule has 2 amide bonds. The van der Waals surface area contributed by atoms with Gasteiger partial charge >= 0.3 is 12.4 Å². The van der Waals surface area contributed by atoms with Gasteiger partial charge in [-0.3, -0.25) is 14.4 Å². The summed E-state index contributed by atoms with van der Waals surface area (Å²) < 4.78 is 104. The number of nitrogens with one attached hydrogen (secondary N) is 1. The average molecular weight is 656 g/mol. The van der Waals surface area contributed by atoms with E-state index in [1.54, 1.807) is 30.3 Å². The maximum absolute atomic E-state index is 15.8. The molecule has 2 N–H and O–H groups in total. The summed E-state index contributed by atoms with van der Waals surface area (Å²) in [7, 11) is 0. The largest absolute Gasteiger partial charge is 0.426 e. The number of nitrogens with zero attached hydrogens (tertiary/aromatic N) is 2. The van der Waals surface area contributed by atoms with E-state index in [2.05, 4.69) is 10.1 Å². The van der Waals surface area contributed by atoms with Gasteiger partial charge in [0.25, 0.3) is 12.4 Å². The molecule has 1 unspecified atom stereocenters. The fourth-order valence-electron chi connectivity index (χ4n) is 5.26. The van der Waals surface area contributed by atoms with E-state index >= 15 is 4.39 Å². The molecule has 15 heteroatoms. The van der Waals surface area contributed by atoms with Crippen LogP contribution in [0.3, 0.4) is 0 Å². The number of halogens is 7. The molecule has 46 heavy (non-hydrogen) atoms. The number of rotatable bonds is 11. The lowest BCUT2D eigenvalue weighted by atomic mass is 9.94. The van der Waals surface area contributed by atoms with E-state index in [0.29, 0.717) is 15.5 Å². The van der Waals surface area contributed by atoms with Gasteiger partial charge in [-0.15, -0.1) is 0 Å². The molecule has 0 saturated carbocycles. The fraction of sp³-hybridized carbons (Fsp3) is 0.323. The minimum Gasteiger partial charge on any atom is -0.426 e. The van der Waals surface area contributed by atoms with Crippen molar-refractivity contribution in [1.29, 1.82) is 0 Å². The van der Waals surface area contributed by atoms with E-state index in [-0.39, 0.29) is 55.9 Å². The summed E-state index contributed by atoms with van der Waals surface area (Å²) in [6.07, 6.45) is -11.6. The molecule has 0 aliphatic carbocycles. The smallest absolute Gasteiger partial charge is 0.420 e. The summed E-state index contributed by atoms with van der Waals surface area (Å²) in [5.74, 6) is -5.08. The van der Waals surface area contributed by atoms with Gasteiger partial charge in [0.05, 0.1) is 17.7 Å². The molecule has 0 spiro atoms. The molecule has 1 saturated heterocycles. The van der Waals surface area contributed by atoms with Gasteiger partial charge < -0.3 is 20.2 Å². The lowest BCUT2D eigenvalue weighted by Gasteiger charge is -2.28. The number of hydrogen-bond donors (Lipinski definition) is 2. The van der Waals surface area contributed by atoms with Crippen molar-refractivity contribution in [3.05, 3.63) is 93.8 Å². The van der Waals surface area contributed by atoms with Crippen molar-refractivity contribution >= 4 is 24.0 Å². The number of ether oxygens (including phenoxy) is 1. The molecule has 0 bridgehead atoms. The highest BCUT2D eigenvalue weighted by atomic mass is 19.4. The van der Waals surface area contributed by atoms with Gasteiger partial charge in [-0.25, -0.2) is 4.39 Å². The second-order valence-electron chi connectivity index (χ2n) is 10.4. The molecule has 0 radical (unpaired) electrons. The third kappa shape index (κ3) is 7.48. The van der Waals surface area contributed by atoms with Crippen molar-refractivity contribution in [3.63, 3.8) is 0 Å². The average Bonchev–Trinajstić information content (AvgIpc) is 3.41. The molecule has 3 aromatic carbocycles. The van der Waals surface area contributed by atoms with E-state index in [9.17, 15) is 45.9 Å². The van der Waals surface area contributed by atoms with Crippen LogP contribution < -0.4 is 15.0 Å². The van der Waals surface area contributed by atoms with Gasteiger partial charge in [0.15, 0.2) is 11.6 Å². The van der Waals surface area contributed by atoms with Crippen LogP contribution in [0.1, 0.15) is 64.4 Å². The zero-order chi connectivity index (χ0) is 33.8. The number of alkyl halides is 6. The Labute approximate surface area is 258 Å². The Bertz CT molecular complexity index is 1600. The second kappa shape index (κ2) is 13.9. The van der Waals surface area contributed by atoms with Crippen molar-refractivity contribution in [1.82, 2.24) is 10.4 Å². The maximum Gasteiger partial charge on any atom is 0.420 e. The summed E-state index contributed by atoms with van der Waals surface area (Å²) in [4.78, 5) is 37.3. The standard InChI is InChI=1S/C31H28F7N3O5/c1-2-24(41(45)16-19-10-6-11-22(30(33,34)35)20(19)14-18-8-4-3-5-9-18)39-29(44)21-15-23(31(36,37)38)28(46-17-42)27(26(21)32)40-13-7-12-25(40)43/h3-6,8-11,15,17,24,45H,2,7,12-14,16H2,1H3,(H,39,44). The van der Waals surface area contributed by atoms with Crippen LogP contribution in [0.5, 0.6) is 5.75 Å². The van der Waals surface area contributed by atoms with E-state index in [1.807, 2.05) is 0 Å². The third-order valence-electron chi connectivity index (χ3n) is 7.43. The molecule has 1 heterocycles. The van der Waals surface area contributed by atoms with E-state index in [4.69, 9.17) is 0 Å². The number of hydrogen-bond acceptors (Lipinski definition) is 6. The number of carbonyl (C=O) groups excluding carboxylic acids is 3. The Morgan fingerprint density at radius 3 is 2.30 bits per heavy atom. The summed E-state index contributed by atoms with van der Waals surface area (Å²) in [5.41, 5.74) is -4.41. The van der Waals surface area contributed by atoms with Gasteiger partial charge in [-0.05, 0) is 48.1 Å². The molecular formula is C31H28F7N3O5. The molecule has 4 rings (SSSR count). The SMILES string of the molecule is CCC(NC(=O)c1cc(C(F)(F)F)c(OC=O)c(N2CCCC2=O)c1F)N(O)Cc1cccc(C(F)(F)F)c1Cc1ccccc1. The first-order valence-corrected chi connectivity index (χ1v) is 14.0. The van der Waals surface area contributed by atoms with Crippen LogP contribution in [0.15, 0.2) is 54.6 Å². The molecule has 1 atom stereocenters. The Balaban J connectivity index is 1.69. The van der Waals surface area contributed by atoms with Crippen molar-refractivity contribution in [3.8, 4) is 5.75 Å². The van der Waals surface area contributed by atoms with Crippen LogP contribution in [0.4, 0.5) is 36.4 Å². The van der Waals surface area contributed by atoms with Gasteiger partial charge in [0.2, 0.25) is 5.91 Å². The van der Waals surface area contributed by atoms with Crippen LogP contribution in [-0.2, 0) is 34.9 Å². The molecule has 246 valence electrons. The van der Waals surface area contributed by atoms with Crippen LogP contribution >= 0.6 is 0 Å². The molecule has 1 fully saturated rings. The maximum atomic E-state index is 15.8. The highest BCUT2D eigenvalue weighted by Crippen LogP contribution is 2.45. The molecule has 3 aromatic rings. The van der Waals surface area contributed by atoms with E-state index in [1.165, 1.54) is 13.0 Å². The van der Waals surface area contributed by atoms with Gasteiger partial charge in [0, 0.05) is 13.0 Å². The van der Waals surface area contributed by atoms with Gasteiger partial charge in [-0.2, -0.15) is 31.4 Å². The van der Waals surface area contributed by atoms with Crippen molar-refractivity contribution in [2.24, 2.45) is 0 Å². The van der Waals surface area contributed by atoms with Gasteiger partial charge in [-0.1, -0.05) is 49.4 Å². The first kappa shape index (κ1) is 34.4. The predicted octanol–water partition coefficient (Wildman–Crippen LogP) is 6.47. The Kier molecular flexibility index (Phi) is 10.4. The topological polar surface area (TPSA) is 99.2 Å². The summed E-state index contributed by atoms with van der Waals surface area (Å²) >= 11 is 0. The third-order valence-corrected chi connectivity index (χ3v) is 7.43. The van der Waals surface area contributed by atoms with Crippen molar-refractivity contribution < 1.29 is 55.1 Å². The molecular weight excluding hydrogens is 627 g/mol. The van der Waals surface area contributed by atoms with Crippen molar-refractivity contribution in [2.75, 3.05) is 11.4 Å². The summed E-state index contributed by atoms with van der Waals surface area (Å²) in [6, 6.07) is 11.8. The number of hydroxylamine groups is 2. The zero-order valence-electron chi connectivity index (χ0n) is 24.2. The normalized spacial score (nSPS) is 14.5. The number of carbonyl (C=O) groups is 3. The molecule has 1 aliphatic rings. The predicted molar refractivity (Wildman–Crippen MR) is 149 cm³/mol. The second-order valence-corrected chi connectivity index (χ2v) is 10.4. The Hall–Kier alpha value is -4.50. The van der Waals surface area contributed by atoms with E-state index < -0.39 is 70.8 Å². The summed E-state index contributed by atoms with van der Waals surface area (Å²) in [6.45, 7) is 0.320. The van der Waals surface area contributed by atoms with Crippen LogP contribution in [0.25, 0.3) is 0 Å². The number of benzene rings is 3. The van der Waals surface area contributed by atoms with Crippen LogP contribution in [0, 0.1) is 5.82 Å². The highest BCUT2D eigenvalue weighted by Gasteiger charge is 2.42. The Morgan fingerprint density at radius 1 is 1.07 bits per heavy atom. The molecule has 8 nitrogen and oxygen atoms in total. The highest BCUT2D eigenvalue weighted by molar-refractivity contribution is 6.01. The van der Waals surface area contributed by atoms with Gasteiger partial charge in [0.1, 0.15) is 17.4 Å².